The summed E-state index contributed by atoms with van der Waals surface area (Å²) >= 11 is 0. The average Bonchev–Trinajstić information content (AvgIpc) is 2.87. The molecule has 1 heterocycles. The Morgan fingerprint density at radius 3 is 2.15 bits per heavy atom. The number of aromatic nitrogens is 1. The second kappa shape index (κ2) is 12.1. The highest BCUT2D eigenvalue weighted by Gasteiger charge is 2.34. The monoisotopic (exact) mass is 547 g/mol. The summed E-state index contributed by atoms with van der Waals surface area (Å²) in [5.41, 5.74) is 8.94. The topological polar surface area (TPSA) is 113 Å². The maximum Gasteiger partial charge on any atom is 0.316 e. The summed E-state index contributed by atoms with van der Waals surface area (Å²) in [6.07, 6.45) is 1.98. The van der Waals surface area contributed by atoms with E-state index in [0.717, 1.165) is 28.0 Å². The number of hydrogen-bond acceptors (Lipinski definition) is 6. The van der Waals surface area contributed by atoms with E-state index >= 15 is 0 Å². The van der Waals surface area contributed by atoms with Crippen molar-refractivity contribution in [1.82, 2.24) is 4.57 Å². The Balaban J connectivity index is 1.70. The highest BCUT2D eigenvalue weighted by Crippen LogP contribution is 2.27. The fraction of sp³-hybridized carbons (Fsp3) is 0.406. The zero-order valence-corrected chi connectivity index (χ0v) is 24.8. The van der Waals surface area contributed by atoms with Gasteiger partial charge in [0.1, 0.15) is 17.0 Å². The van der Waals surface area contributed by atoms with Gasteiger partial charge in [-0.05, 0) is 94.8 Å². The van der Waals surface area contributed by atoms with Gasteiger partial charge in [-0.3, -0.25) is 14.4 Å². The minimum atomic E-state index is -0.874. The molecule has 0 spiro atoms. The number of hydrogen-bond donors (Lipinski definition) is 2. The van der Waals surface area contributed by atoms with E-state index in [1.165, 1.54) is 0 Å². The molecule has 0 aliphatic heterocycles. The number of ether oxygens (including phenoxy) is 2. The van der Waals surface area contributed by atoms with Crippen LogP contribution >= 0.6 is 0 Å². The third-order valence-corrected chi connectivity index (χ3v) is 6.81. The molecule has 3 rings (SSSR count). The van der Waals surface area contributed by atoms with Crippen molar-refractivity contribution in [3.63, 3.8) is 0 Å². The third-order valence-electron chi connectivity index (χ3n) is 6.81. The highest BCUT2D eigenvalue weighted by atomic mass is 16.6. The van der Waals surface area contributed by atoms with Crippen LogP contribution in [0.3, 0.4) is 0 Å². The number of benzene rings is 2. The summed E-state index contributed by atoms with van der Waals surface area (Å²) in [5, 5.41) is 2.75. The van der Waals surface area contributed by atoms with Crippen LogP contribution in [-0.4, -0.2) is 35.2 Å². The number of nitrogens with one attached hydrogen (secondary N) is 1. The van der Waals surface area contributed by atoms with Gasteiger partial charge in [-0.1, -0.05) is 36.4 Å². The molecular weight excluding hydrogens is 506 g/mol. The van der Waals surface area contributed by atoms with Crippen molar-refractivity contribution >= 4 is 17.6 Å². The van der Waals surface area contributed by atoms with Crippen LogP contribution in [0.2, 0.25) is 0 Å². The first-order valence-electron chi connectivity index (χ1n) is 13.3. The van der Waals surface area contributed by atoms with Crippen molar-refractivity contribution in [3.05, 3.63) is 92.9 Å². The maximum atomic E-state index is 13.2. The molecule has 0 aliphatic rings. The minimum Gasteiger partial charge on any atom is -0.496 e. The van der Waals surface area contributed by atoms with Crippen molar-refractivity contribution in [2.75, 3.05) is 12.4 Å². The molecule has 8 heteroatoms. The Morgan fingerprint density at radius 2 is 1.57 bits per heavy atom. The fourth-order valence-electron chi connectivity index (χ4n) is 4.32. The fourth-order valence-corrected chi connectivity index (χ4v) is 4.32. The number of aryl methyl sites for hydroxylation is 2. The molecule has 0 fully saturated rings. The van der Waals surface area contributed by atoms with Crippen molar-refractivity contribution in [2.24, 2.45) is 5.73 Å². The number of carbonyl (C=O) groups excluding carboxylic acids is 2. The van der Waals surface area contributed by atoms with Crippen molar-refractivity contribution < 1.29 is 19.1 Å². The molecule has 0 radical (unpaired) electrons. The van der Waals surface area contributed by atoms with E-state index in [9.17, 15) is 14.4 Å². The summed E-state index contributed by atoms with van der Waals surface area (Å²) in [4.78, 5) is 38.9. The molecule has 40 heavy (non-hydrogen) atoms. The maximum absolute atomic E-state index is 13.2. The number of rotatable bonds is 9. The summed E-state index contributed by atoms with van der Waals surface area (Å²) in [6, 6.07) is 14.1. The molecule has 3 aromatic rings. The lowest BCUT2D eigenvalue weighted by molar-refractivity contribution is -0.160. The van der Waals surface area contributed by atoms with Crippen LogP contribution in [0.1, 0.15) is 62.4 Å². The van der Waals surface area contributed by atoms with Gasteiger partial charge < -0.3 is 25.1 Å². The van der Waals surface area contributed by atoms with Crippen molar-refractivity contribution in [1.29, 1.82) is 0 Å². The van der Waals surface area contributed by atoms with Crippen LogP contribution in [0.4, 0.5) is 5.69 Å². The number of anilines is 1. The van der Waals surface area contributed by atoms with Crippen LogP contribution in [-0.2, 0) is 32.7 Å². The molecule has 2 aromatic carbocycles. The number of amides is 1. The second-order valence-electron chi connectivity index (χ2n) is 11.7. The number of pyridine rings is 1. The Hall–Kier alpha value is -3.91. The number of esters is 1. The Labute approximate surface area is 236 Å². The molecule has 0 saturated carbocycles. The van der Waals surface area contributed by atoms with Gasteiger partial charge in [-0.15, -0.1) is 0 Å². The van der Waals surface area contributed by atoms with Crippen LogP contribution < -0.4 is 21.3 Å². The lowest BCUT2D eigenvalue weighted by Crippen LogP contribution is -2.39. The number of nitrogens with zero attached hydrogens (tertiary/aromatic N) is 1. The molecule has 3 N–H and O–H groups in total. The first kappa shape index (κ1) is 30.6. The molecule has 0 bridgehead atoms. The highest BCUT2D eigenvalue weighted by molar-refractivity contribution is 5.95. The Kier molecular flexibility index (Phi) is 9.25. The quantitative estimate of drug-likeness (QED) is 0.377. The van der Waals surface area contributed by atoms with E-state index in [-0.39, 0.29) is 23.6 Å². The van der Waals surface area contributed by atoms with Gasteiger partial charge in [0, 0.05) is 6.20 Å². The molecular formula is C32H41N3O5. The van der Waals surface area contributed by atoms with E-state index in [4.69, 9.17) is 15.2 Å². The predicted octanol–water partition coefficient (Wildman–Crippen LogP) is 4.65. The minimum absolute atomic E-state index is 0.211. The van der Waals surface area contributed by atoms with E-state index in [2.05, 4.69) is 5.32 Å². The first-order valence-corrected chi connectivity index (χ1v) is 13.3. The normalized spacial score (nSPS) is 12.5. The zero-order chi connectivity index (χ0) is 29.8. The second-order valence-corrected chi connectivity index (χ2v) is 11.7. The van der Waals surface area contributed by atoms with Gasteiger partial charge in [0.15, 0.2) is 0 Å². The third kappa shape index (κ3) is 7.39. The smallest absolute Gasteiger partial charge is 0.316 e. The molecule has 0 saturated heterocycles. The molecule has 214 valence electrons. The predicted molar refractivity (Wildman–Crippen MR) is 158 cm³/mol. The first-order chi connectivity index (χ1) is 18.6. The zero-order valence-electron chi connectivity index (χ0n) is 24.8. The molecule has 1 unspecified atom stereocenters. The molecule has 8 nitrogen and oxygen atoms in total. The van der Waals surface area contributed by atoms with E-state index in [1.807, 2.05) is 84.0 Å². The van der Waals surface area contributed by atoms with Crippen LogP contribution in [0, 0.1) is 13.8 Å². The SMILES string of the molecule is COc1ccc(Cn2ccc(C)c(NC(=O)C(N)Cc3ccc(C(C)(C)C(=O)OC(C)(C)C)cc3)c2=O)cc1C. The molecule has 0 aliphatic carbocycles. The van der Waals surface area contributed by atoms with Gasteiger partial charge in [0.2, 0.25) is 5.91 Å². The Bertz CT molecular complexity index is 1430. The molecule has 1 aromatic heterocycles. The number of carbonyl (C=O) groups is 2. The van der Waals surface area contributed by atoms with Crippen LogP contribution in [0.5, 0.6) is 5.75 Å². The van der Waals surface area contributed by atoms with Gasteiger partial charge in [-0.25, -0.2) is 0 Å². The van der Waals surface area contributed by atoms with Gasteiger partial charge >= 0.3 is 5.97 Å². The lowest BCUT2D eigenvalue weighted by Gasteiger charge is -2.29. The summed E-state index contributed by atoms with van der Waals surface area (Å²) in [5.74, 6) is 0.0228. The van der Waals surface area contributed by atoms with Crippen molar-refractivity contribution in [2.45, 2.75) is 78.5 Å². The molecule has 1 amide bonds. The van der Waals surface area contributed by atoms with E-state index in [1.54, 1.807) is 30.9 Å². The number of nitrogens with two attached hydrogens (primary N) is 1. The van der Waals surface area contributed by atoms with Gasteiger partial charge in [0.05, 0.1) is 25.1 Å². The van der Waals surface area contributed by atoms with Crippen LogP contribution in [0.25, 0.3) is 0 Å². The summed E-state index contributed by atoms with van der Waals surface area (Å²) in [7, 11) is 1.62. The van der Waals surface area contributed by atoms with E-state index < -0.39 is 23.0 Å². The van der Waals surface area contributed by atoms with Crippen LogP contribution in [0.15, 0.2) is 59.5 Å². The largest absolute Gasteiger partial charge is 0.496 e. The van der Waals surface area contributed by atoms with Crippen molar-refractivity contribution in [3.8, 4) is 5.75 Å². The average molecular weight is 548 g/mol. The standard InChI is InChI=1S/C32H41N3O5/c1-20-15-16-35(19-23-11-14-26(39-8)21(2)17-23)29(37)27(20)34-28(36)25(33)18-22-9-12-24(13-10-22)32(6,7)30(38)40-31(3,4)5/h9-17,25H,18-19,33H2,1-8H3,(H,34,36). The van der Waals surface area contributed by atoms with E-state index in [0.29, 0.717) is 12.1 Å². The summed E-state index contributed by atoms with van der Waals surface area (Å²) in [6.45, 7) is 13.2. The Morgan fingerprint density at radius 1 is 0.950 bits per heavy atom. The van der Waals surface area contributed by atoms with Gasteiger partial charge in [0.25, 0.3) is 5.56 Å². The summed E-state index contributed by atoms with van der Waals surface area (Å²) < 4.78 is 12.4. The number of methoxy groups -OCH3 is 1. The molecule has 1 atom stereocenters. The van der Waals surface area contributed by atoms with Gasteiger partial charge in [-0.2, -0.15) is 0 Å². The lowest BCUT2D eigenvalue weighted by atomic mass is 9.84.